The molecule has 3 aliphatic heterocycles. The van der Waals surface area contributed by atoms with Crippen molar-refractivity contribution >= 4 is 23.4 Å². The highest BCUT2D eigenvalue weighted by Gasteiger charge is 2.80. The molecule has 8 heteroatoms. The summed E-state index contributed by atoms with van der Waals surface area (Å²) >= 11 is 0. The molecular weight excluding hydrogens is 578 g/mol. The standard InChI is InChI=1S/C38H57N3O5/c1-12-19-39(27-17-15-14-16-18-27)32(43)29-30-33(44)41(28(23-42)21-25(3)4)31(38(30)22-26(5)37(29,11)46-38)34(45)40(20-13-2)36(9,10)24-35(6,7)8/h12-18,25-26,28-31,42H,1-2,19-24H2,3-11H3/t26?,28-,29+,30+,31?,37-,38?/m1/s1. The lowest BCUT2D eigenvalue weighted by Gasteiger charge is -2.46. The fourth-order valence-corrected chi connectivity index (χ4v) is 9.08. The molecule has 1 N–H and O–H groups in total. The monoisotopic (exact) mass is 635 g/mol. The molecule has 3 saturated heterocycles. The maximum Gasteiger partial charge on any atom is 0.249 e. The largest absolute Gasteiger partial charge is 0.394 e. The molecule has 3 aliphatic rings. The quantitative estimate of drug-likeness (QED) is 0.275. The van der Waals surface area contributed by atoms with E-state index in [0.717, 1.165) is 6.42 Å². The van der Waals surface area contributed by atoms with E-state index in [0.29, 0.717) is 25.1 Å². The van der Waals surface area contributed by atoms with Crippen molar-refractivity contribution in [2.75, 3.05) is 24.6 Å². The topological polar surface area (TPSA) is 90.4 Å². The number of amides is 3. The van der Waals surface area contributed by atoms with E-state index in [-0.39, 0.29) is 48.1 Å². The lowest BCUT2D eigenvalue weighted by molar-refractivity contribution is -0.159. The minimum atomic E-state index is -1.22. The molecule has 4 rings (SSSR count). The van der Waals surface area contributed by atoms with E-state index in [1.807, 2.05) is 56.0 Å². The molecule has 3 fully saturated rings. The van der Waals surface area contributed by atoms with E-state index in [9.17, 15) is 14.7 Å². The second-order valence-corrected chi connectivity index (χ2v) is 16.3. The Morgan fingerprint density at radius 1 is 1.09 bits per heavy atom. The number of carbonyl (C=O) groups is 3. The predicted octanol–water partition coefficient (Wildman–Crippen LogP) is 5.85. The van der Waals surface area contributed by atoms with Gasteiger partial charge in [-0.3, -0.25) is 14.4 Å². The van der Waals surface area contributed by atoms with E-state index >= 15 is 4.79 Å². The molecule has 0 aliphatic carbocycles. The average molecular weight is 636 g/mol. The highest BCUT2D eigenvalue weighted by Crippen LogP contribution is 2.66. The van der Waals surface area contributed by atoms with Gasteiger partial charge in [0.15, 0.2) is 0 Å². The van der Waals surface area contributed by atoms with Gasteiger partial charge in [0.2, 0.25) is 17.7 Å². The first-order valence-corrected chi connectivity index (χ1v) is 16.9. The lowest BCUT2D eigenvalue weighted by atomic mass is 9.62. The van der Waals surface area contributed by atoms with Gasteiger partial charge in [-0.15, -0.1) is 13.2 Å². The number of hydrogen-bond acceptors (Lipinski definition) is 5. The van der Waals surface area contributed by atoms with Crippen molar-refractivity contribution in [3.05, 3.63) is 55.6 Å². The van der Waals surface area contributed by atoms with Crippen molar-refractivity contribution in [2.45, 2.75) is 110 Å². The number of rotatable bonds is 13. The number of hydrogen-bond donors (Lipinski definition) is 1. The number of carbonyl (C=O) groups excluding carboxylic acids is 3. The van der Waals surface area contributed by atoms with Crippen LogP contribution in [0.3, 0.4) is 0 Å². The second kappa shape index (κ2) is 12.9. The SMILES string of the molecule is C=CCN(C(=O)[C@@H]1[C@H]2C(=O)N([C@@H](CO)CC(C)C)C(C(=O)N(CC=C)C(C)(C)CC(C)(C)C)C23CC(C)[C@@]1(C)O3)c1ccccc1. The Kier molecular flexibility index (Phi) is 10.1. The fourth-order valence-electron chi connectivity index (χ4n) is 9.08. The van der Waals surface area contributed by atoms with Gasteiger partial charge in [0.1, 0.15) is 11.6 Å². The summed E-state index contributed by atoms with van der Waals surface area (Å²) in [5, 5.41) is 10.8. The summed E-state index contributed by atoms with van der Waals surface area (Å²) in [5.74, 6) is -2.35. The normalized spacial score (nSPS) is 29.5. The number of benzene rings is 1. The van der Waals surface area contributed by atoms with E-state index in [2.05, 4.69) is 54.7 Å². The third kappa shape index (κ3) is 6.08. The predicted molar refractivity (Wildman–Crippen MR) is 183 cm³/mol. The van der Waals surface area contributed by atoms with Crippen LogP contribution in [-0.2, 0) is 19.1 Å². The molecular formula is C38H57N3O5. The number of fused-ring (bicyclic) bond motifs is 1. The van der Waals surface area contributed by atoms with Crippen LogP contribution in [-0.4, -0.2) is 81.1 Å². The molecule has 1 spiro atoms. The summed E-state index contributed by atoms with van der Waals surface area (Å²) in [6, 6.07) is 7.81. The molecule has 2 bridgehead atoms. The molecule has 3 amide bonds. The number of likely N-dealkylation sites (tertiary alicyclic amines) is 1. The Labute approximate surface area is 276 Å². The van der Waals surface area contributed by atoms with E-state index in [1.165, 1.54) is 0 Å². The Balaban J connectivity index is 1.91. The van der Waals surface area contributed by atoms with Crippen LogP contribution in [0.25, 0.3) is 0 Å². The molecule has 7 atom stereocenters. The zero-order chi connectivity index (χ0) is 34.4. The van der Waals surface area contributed by atoms with Gasteiger partial charge in [-0.05, 0) is 69.4 Å². The van der Waals surface area contributed by atoms with Gasteiger partial charge in [-0.2, -0.15) is 0 Å². The van der Waals surface area contributed by atoms with Crippen LogP contribution in [0.1, 0.15) is 81.6 Å². The average Bonchev–Trinajstić information content (AvgIpc) is 3.48. The van der Waals surface area contributed by atoms with E-state index in [1.54, 1.807) is 22.0 Å². The summed E-state index contributed by atoms with van der Waals surface area (Å²) in [4.78, 5) is 50.1. The first-order chi connectivity index (χ1) is 21.4. The van der Waals surface area contributed by atoms with E-state index in [4.69, 9.17) is 4.74 Å². The highest BCUT2D eigenvalue weighted by atomic mass is 16.5. The molecule has 254 valence electrons. The van der Waals surface area contributed by atoms with Crippen LogP contribution < -0.4 is 4.90 Å². The van der Waals surface area contributed by atoms with Gasteiger partial charge in [0, 0.05) is 24.3 Å². The van der Waals surface area contributed by atoms with Crippen molar-refractivity contribution in [3.8, 4) is 0 Å². The van der Waals surface area contributed by atoms with Crippen LogP contribution in [0.5, 0.6) is 0 Å². The highest BCUT2D eigenvalue weighted by molar-refractivity contribution is 6.03. The minimum Gasteiger partial charge on any atom is -0.394 e. The number of ether oxygens (including phenoxy) is 1. The van der Waals surface area contributed by atoms with Crippen LogP contribution in [0.15, 0.2) is 55.6 Å². The van der Waals surface area contributed by atoms with Crippen LogP contribution in [0.4, 0.5) is 5.69 Å². The molecule has 46 heavy (non-hydrogen) atoms. The van der Waals surface area contributed by atoms with Crippen LogP contribution >= 0.6 is 0 Å². The van der Waals surface area contributed by atoms with Crippen molar-refractivity contribution in [3.63, 3.8) is 0 Å². The Morgan fingerprint density at radius 2 is 1.70 bits per heavy atom. The summed E-state index contributed by atoms with van der Waals surface area (Å²) in [5.41, 5.74) is -2.12. The lowest BCUT2D eigenvalue weighted by Crippen LogP contribution is -2.62. The van der Waals surface area contributed by atoms with E-state index < -0.39 is 40.7 Å². The molecule has 3 unspecified atom stereocenters. The fraction of sp³-hybridized carbons (Fsp3) is 0.658. The number of nitrogens with zero attached hydrogens (tertiary/aromatic N) is 3. The van der Waals surface area contributed by atoms with Gasteiger partial charge < -0.3 is 24.5 Å². The second-order valence-electron chi connectivity index (χ2n) is 16.3. The molecule has 3 heterocycles. The van der Waals surface area contributed by atoms with Gasteiger partial charge in [0.05, 0.1) is 30.1 Å². The third-order valence-electron chi connectivity index (χ3n) is 10.5. The molecule has 1 aromatic carbocycles. The minimum absolute atomic E-state index is 0.0751. The number of anilines is 1. The van der Waals surface area contributed by atoms with Gasteiger partial charge in [-0.1, -0.05) is 71.9 Å². The Bertz CT molecular complexity index is 1320. The first kappa shape index (κ1) is 35.9. The summed E-state index contributed by atoms with van der Waals surface area (Å²) in [7, 11) is 0. The maximum absolute atomic E-state index is 15.2. The van der Waals surface area contributed by atoms with Crippen molar-refractivity contribution in [1.29, 1.82) is 0 Å². The van der Waals surface area contributed by atoms with Gasteiger partial charge in [0.25, 0.3) is 0 Å². The van der Waals surface area contributed by atoms with Crippen molar-refractivity contribution in [2.24, 2.45) is 29.1 Å². The molecule has 0 radical (unpaired) electrons. The zero-order valence-corrected chi connectivity index (χ0v) is 29.6. The summed E-state index contributed by atoms with van der Waals surface area (Å²) in [6.45, 7) is 26.8. The number of para-hydroxylation sites is 1. The molecule has 0 aromatic heterocycles. The Hall–Kier alpha value is -2.97. The van der Waals surface area contributed by atoms with Crippen LogP contribution in [0, 0.1) is 29.1 Å². The summed E-state index contributed by atoms with van der Waals surface area (Å²) in [6.07, 6.45) is 5.11. The van der Waals surface area contributed by atoms with Gasteiger partial charge >= 0.3 is 0 Å². The number of aliphatic hydroxyl groups is 1. The zero-order valence-electron chi connectivity index (χ0n) is 29.6. The summed E-state index contributed by atoms with van der Waals surface area (Å²) < 4.78 is 7.07. The molecule has 1 aromatic rings. The maximum atomic E-state index is 15.2. The Morgan fingerprint density at radius 3 is 2.22 bits per heavy atom. The van der Waals surface area contributed by atoms with Gasteiger partial charge in [-0.25, -0.2) is 0 Å². The van der Waals surface area contributed by atoms with Crippen molar-refractivity contribution in [1.82, 2.24) is 9.80 Å². The van der Waals surface area contributed by atoms with Crippen molar-refractivity contribution < 1.29 is 24.2 Å². The third-order valence-corrected chi connectivity index (χ3v) is 10.5. The molecule has 0 saturated carbocycles. The molecule has 8 nitrogen and oxygen atoms in total. The smallest absolute Gasteiger partial charge is 0.249 e. The van der Waals surface area contributed by atoms with Crippen LogP contribution in [0.2, 0.25) is 0 Å². The first-order valence-electron chi connectivity index (χ1n) is 16.9. The number of aliphatic hydroxyl groups excluding tert-OH is 1.